The molecule has 2 aliphatic rings. The Labute approximate surface area is 166 Å². The molecule has 0 radical (unpaired) electrons. The van der Waals surface area contributed by atoms with Crippen molar-refractivity contribution in [3.63, 3.8) is 0 Å². The van der Waals surface area contributed by atoms with Crippen LogP contribution in [0, 0.1) is 0 Å². The quantitative estimate of drug-likeness (QED) is 0.602. The van der Waals surface area contributed by atoms with Gasteiger partial charge in [0.2, 0.25) is 0 Å². The smallest absolute Gasteiger partial charge is 0.150 e. The molecule has 6 nitrogen and oxygen atoms in total. The average molecular weight is 405 g/mol. The van der Waals surface area contributed by atoms with Crippen LogP contribution in [0.4, 0.5) is 5.82 Å². The van der Waals surface area contributed by atoms with Crippen molar-refractivity contribution in [1.29, 1.82) is 0 Å². The number of hydrogen-bond acceptors (Lipinski definition) is 7. The van der Waals surface area contributed by atoms with Crippen molar-refractivity contribution in [2.24, 2.45) is 0 Å². The van der Waals surface area contributed by atoms with Gasteiger partial charge in [-0.15, -0.1) is 11.3 Å². The third-order valence-electron chi connectivity index (χ3n) is 5.73. The van der Waals surface area contributed by atoms with Gasteiger partial charge >= 0.3 is 0 Å². The SMILES string of the molecule is CC[C@]1(C)Cc2c(c(N3CCOCC3)nc3sc4c(Cl)ncnc4c23)CO1. The third kappa shape index (κ3) is 2.79. The van der Waals surface area contributed by atoms with E-state index in [4.69, 9.17) is 26.1 Å². The molecule has 5 heterocycles. The zero-order valence-electron chi connectivity index (χ0n) is 15.4. The third-order valence-corrected chi connectivity index (χ3v) is 7.21. The highest BCUT2D eigenvalue weighted by atomic mass is 35.5. The van der Waals surface area contributed by atoms with Gasteiger partial charge in [0.15, 0.2) is 0 Å². The molecule has 3 aromatic rings. The maximum Gasteiger partial charge on any atom is 0.150 e. The van der Waals surface area contributed by atoms with E-state index in [1.54, 1.807) is 11.3 Å². The van der Waals surface area contributed by atoms with Crippen molar-refractivity contribution in [2.45, 2.75) is 38.9 Å². The normalized spacial score (nSPS) is 23.1. The molecule has 0 spiro atoms. The molecule has 5 rings (SSSR count). The summed E-state index contributed by atoms with van der Waals surface area (Å²) < 4.78 is 12.7. The lowest BCUT2D eigenvalue weighted by molar-refractivity contribution is -0.0558. The zero-order chi connectivity index (χ0) is 18.6. The second-order valence-electron chi connectivity index (χ2n) is 7.39. The largest absolute Gasteiger partial charge is 0.378 e. The molecule has 0 saturated carbocycles. The van der Waals surface area contributed by atoms with Gasteiger partial charge in [-0.05, 0) is 18.9 Å². The zero-order valence-corrected chi connectivity index (χ0v) is 17.0. The molecule has 142 valence electrons. The summed E-state index contributed by atoms with van der Waals surface area (Å²) in [4.78, 5) is 17.1. The summed E-state index contributed by atoms with van der Waals surface area (Å²) in [5, 5.41) is 1.62. The van der Waals surface area contributed by atoms with Crippen LogP contribution in [0.15, 0.2) is 6.33 Å². The topological polar surface area (TPSA) is 60.4 Å². The summed E-state index contributed by atoms with van der Waals surface area (Å²) in [5.41, 5.74) is 3.23. The van der Waals surface area contributed by atoms with E-state index in [2.05, 4.69) is 28.7 Å². The minimum absolute atomic E-state index is 0.172. The van der Waals surface area contributed by atoms with Gasteiger partial charge in [0.05, 0.1) is 35.6 Å². The summed E-state index contributed by atoms with van der Waals surface area (Å²) in [7, 11) is 0. The van der Waals surface area contributed by atoms with Gasteiger partial charge in [0, 0.05) is 30.5 Å². The number of pyridine rings is 1. The first-order valence-corrected chi connectivity index (χ1v) is 10.5. The van der Waals surface area contributed by atoms with E-state index < -0.39 is 0 Å². The second-order valence-corrected chi connectivity index (χ2v) is 8.74. The maximum atomic E-state index is 6.36. The lowest BCUT2D eigenvalue weighted by atomic mass is 9.87. The molecule has 1 fully saturated rings. The number of thiophene rings is 1. The van der Waals surface area contributed by atoms with Crippen LogP contribution in [0.5, 0.6) is 0 Å². The van der Waals surface area contributed by atoms with E-state index >= 15 is 0 Å². The molecule has 3 aromatic heterocycles. The van der Waals surface area contributed by atoms with E-state index in [-0.39, 0.29) is 5.60 Å². The lowest BCUT2D eigenvalue weighted by Gasteiger charge is -2.37. The maximum absolute atomic E-state index is 6.36. The summed E-state index contributed by atoms with van der Waals surface area (Å²) in [6, 6.07) is 0. The molecule has 1 saturated heterocycles. The van der Waals surface area contributed by atoms with Gasteiger partial charge in [-0.2, -0.15) is 0 Å². The van der Waals surface area contributed by atoms with E-state index in [0.29, 0.717) is 11.8 Å². The highest BCUT2D eigenvalue weighted by Crippen LogP contribution is 2.44. The molecule has 0 N–H and O–H groups in total. The fourth-order valence-corrected chi connectivity index (χ4v) is 5.24. The van der Waals surface area contributed by atoms with Crippen LogP contribution in [0.3, 0.4) is 0 Å². The molecule has 0 amide bonds. The Kier molecular flexibility index (Phi) is 4.23. The number of morpholine rings is 1. The van der Waals surface area contributed by atoms with Gasteiger partial charge < -0.3 is 14.4 Å². The van der Waals surface area contributed by atoms with Crippen LogP contribution in [-0.2, 0) is 22.5 Å². The number of nitrogens with zero attached hydrogens (tertiary/aromatic N) is 4. The molecule has 0 bridgehead atoms. The second kappa shape index (κ2) is 6.51. The number of rotatable bonds is 2. The highest BCUT2D eigenvalue weighted by Gasteiger charge is 2.35. The summed E-state index contributed by atoms with van der Waals surface area (Å²) >= 11 is 7.94. The Balaban J connectivity index is 1.80. The number of ether oxygens (including phenoxy) is 2. The van der Waals surface area contributed by atoms with E-state index in [0.717, 1.165) is 65.4 Å². The lowest BCUT2D eigenvalue weighted by Crippen LogP contribution is -2.40. The van der Waals surface area contributed by atoms with E-state index in [1.165, 1.54) is 17.5 Å². The van der Waals surface area contributed by atoms with Crippen molar-refractivity contribution in [1.82, 2.24) is 15.0 Å². The fourth-order valence-electron chi connectivity index (χ4n) is 3.95. The van der Waals surface area contributed by atoms with E-state index in [1.807, 2.05) is 0 Å². The molecule has 1 atom stereocenters. The van der Waals surface area contributed by atoms with Gasteiger partial charge in [0.25, 0.3) is 0 Å². The predicted molar refractivity (Wildman–Crippen MR) is 108 cm³/mol. The van der Waals surface area contributed by atoms with Crippen LogP contribution in [0.2, 0.25) is 5.15 Å². The molecular weight excluding hydrogens is 384 g/mol. The van der Waals surface area contributed by atoms with Crippen molar-refractivity contribution >= 4 is 49.2 Å². The van der Waals surface area contributed by atoms with Crippen molar-refractivity contribution < 1.29 is 9.47 Å². The van der Waals surface area contributed by atoms with Crippen molar-refractivity contribution in [3.05, 3.63) is 22.6 Å². The molecule has 0 aromatic carbocycles. The minimum Gasteiger partial charge on any atom is -0.378 e. The molecule has 8 heteroatoms. The molecule has 0 unspecified atom stereocenters. The Hall–Kier alpha value is -1.54. The van der Waals surface area contributed by atoms with Crippen LogP contribution >= 0.6 is 22.9 Å². The monoisotopic (exact) mass is 404 g/mol. The first kappa shape index (κ1) is 17.6. The van der Waals surface area contributed by atoms with Gasteiger partial charge in [-0.3, -0.25) is 0 Å². The van der Waals surface area contributed by atoms with Gasteiger partial charge in [0.1, 0.15) is 22.1 Å². The Bertz CT molecular complexity index is 1030. The number of anilines is 1. The van der Waals surface area contributed by atoms with E-state index in [9.17, 15) is 0 Å². The number of hydrogen-bond donors (Lipinski definition) is 0. The Morgan fingerprint density at radius 1 is 1.26 bits per heavy atom. The van der Waals surface area contributed by atoms with Crippen molar-refractivity contribution in [3.8, 4) is 0 Å². The first-order valence-electron chi connectivity index (χ1n) is 9.31. The van der Waals surface area contributed by atoms with Gasteiger partial charge in [-0.25, -0.2) is 15.0 Å². The predicted octanol–water partition coefficient (Wildman–Crippen LogP) is 3.97. The Morgan fingerprint density at radius 3 is 2.85 bits per heavy atom. The average Bonchev–Trinajstić information content (AvgIpc) is 3.08. The Morgan fingerprint density at radius 2 is 2.07 bits per heavy atom. The summed E-state index contributed by atoms with van der Waals surface area (Å²) in [6.45, 7) is 8.09. The van der Waals surface area contributed by atoms with Crippen LogP contribution in [0.25, 0.3) is 20.4 Å². The van der Waals surface area contributed by atoms with Crippen LogP contribution in [0.1, 0.15) is 31.4 Å². The number of halogens is 1. The van der Waals surface area contributed by atoms with Gasteiger partial charge in [-0.1, -0.05) is 18.5 Å². The summed E-state index contributed by atoms with van der Waals surface area (Å²) in [6.07, 6.45) is 3.35. The highest BCUT2D eigenvalue weighted by molar-refractivity contribution is 7.26. The van der Waals surface area contributed by atoms with Crippen LogP contribution in [-0.4, -0.2) is 46.9 Å². The molecule has 2 aliphatic heterocycles. The van der Waals surface area contributed by atoms with Crippen LogP contribution < -0.4 is 4.90 Å². The molecular formula is C19H21ClN4O2S. The number of fused-ring (bicyclic) bond motifs is 5. The first-order chi connectivity index (χ1) is 13.1. The fraction of sp³-hybridized carbons (Fsp3) is 0.526. The minimum atomic E-state index is -0.172. The summed E-state index contributed by atoms with van der Waals surface area (Å²) in [5.74, 6) is 1.02. The number of aromatic nitrogens is 3. The standard InChI is InChI=1S/C19H21ClN4O2S/c1-3-19(2)8-11-12(9-26-19)17(24-4-6-25-7-5-24)23-18-13(11)14-15(27-18)16(20)22-10-21-14/h10H,3-9H2,1-2H3/t19-/m1/s1. The molecule has 27 heavy (non-hydrogen) atoms. The molecule has 0 aliphatic carbocycles. The van der Waals surface area contributed by atoms with Crippen molar-refractivity contribution in [2.75, 3.05) is 31.2 Å².